The van der Waals surface area contributed by atoms with Crippen molar-refractivity contribution < 1.29 is 14.6 Å². The molecule has 0 saturated carbocycles. The topological polar surface area (TPSA) is 38.7 Å². The molecule has 0 bridgehead atoms. The second-order valence-electron chi connectivity index (χ2n) is 11.3. The highest BCUT2D eigenvalue weighted by molar-refractivity contribution is 5.11. The molecule has 0 aromatic rings. The van der Waals surface area contributed by atoms with E-state index in [1.54, 1.807) is 0 Å². The van der Waals surface area contributed by atoms with E-state index in [4.69, 9.17) is 9.47 Å². The average molecular weight is 585 g/mol. The van der Waals surface area contributed by atoms with Crippen LogP contribution in [0, 0.1) is 0 Å². The number of hydrogen-bond acceptors (Lipinski definition) is 3. The van der Waals surface area contributed by atoms with Crippen molar-refractivity contribution in [2.45, 2.75) is 148 Å². The number of unbranched alkanes of at least 4 members (excludes halogenated alkanes) is 16. The van der Waals surface area contributed by atoms with Gasteiger partial charge in [-0.15, -0.1) is 0 Å². The highest BCUT2D eigenvalue weighted by Gasteiger charge is 2.07. The van der Waals surface area contributed by atoms with Crippen molar-refractivity contribution in [3.8, 4) is 0 Å². The van der Waals surface area contributed by atoms with Gasteiger partial charge in [0.05, 0.1) is 13.2 Å². The van der Waals surface area contributed by atoms with Crippen LogP contribution in [0.1, 0.15) is 142 Å². The Morgan fingerprint density at radius 3 is 1.26 bits per heavy atom. The third kappa shape index (κ3) is 34.5. The van der Waals surface area contributed by atoms with E-state index in [2.05, 4.69) is 86.8 Å². The number of aliphatic hydroxyl groups is 1. The third-order valence-corrected chi connectivity index (χ3v) is 7.20. The molecule has 0 unspecified atom stereocenters. The molecular weight excluding hydrogens is 516 g/mol. The Morgan fingerprint density at radius 2 is 0.833 bits per heavy atom. The maximum Gasteiger partial charge on any atom is 0.104 e. The molecule has 1 N–H and O–H groups in total. The predicted octanol–water partition coefficient (Wildman–Crippen LogP) is 11.6. The molecule has 0 radical (unpaired) electrons. The van der Waals surface area contributed by atoms with Crippen LogP contribution in [-0.2, 0) is 9.47 Å². The van der Waals surface area contributed by atoms with Crippen LogP contribution in [-0.4, -0.2) is 37.6 Å². The Kier molecular flexibility index (Phi) is 35.9. The van der Waals surface area contributed by atoms with E-state index in [9.17, 15) is 5.11 Å². The van der Waals surface area contributed by atoms with Gasteiger partial charge in [-0.2, -0.15) is 0 Å². The Hall–Kier alpha value is -1.68. The van der Waals surface area contributed by atoms with Gasteiger partial charge < -0.3 is 14.6 Å². The van der Waals surface area contributed by atoms with Crippen LogP contribution in [0.25, 0.3) is 0 Å². The number of rotatable bonds is 32. The quantitative estimate of drug-likeness (QED) is 0.0631. The summed E-state index contributed by atoms with van der Waals surface area (Å²) in [6.07, 6.45) is 50.7. The minimum absolute atomic E-state index is 0.0394. The molecule has 0 fully saturated rings. The van der Waals surface area contributed by atoms with Crippen molar-refractivity contribution >= 4 is 0 Å². The summed E-state index contributed by atoms with van der Waals surface area (Å²) in [5.74, 6) is 0. The van der Waals surface area contributed by atoms with Crippen LogP contribution in [0.4, 0.5) is 0 Å². The van der Waals surface area contributed by atoms with Gasteiger partial charge in [0.1, 0.15) is 6.10 Å². The first kappa shape index (κ1) is 40.3. The first-order chi connectivity index (χ1) is 20.8. The smallest absolute Gasteiger partial charge is 0.104 e. The highest BCUT2D eigenvalue weighted by Crippen LogP contribution is 2.10. The van der Waals surface area contributed by atoms with Crippen molar-refractivity contribution in [3.63, 3.8) is 0 Å². The SMILES string of the molecule is CCCC\C=C/C=C/C=C\CCCCCCCCOC[C@H](CO)OCCCCCCCC\C=C/C=C/C=C\CCCC. The summed E-state index contributed by atoms with van der Waals surface area (Å²) < 4.78 is 11.6. The number of aliphatic hydroxyl groups excluding tert-OH is 1. The number of ether oxygens (including phenoxy) is 2. The normalized spacial score (nSPS) is 13.5. The zero-order valence-electron chi connectivity index (χ0n) is 27.7. The molecule has 0 saturated heterocycles. The van der Waals surface area contributed by atoms with Gasteiger partial charge in [0, 0.05) is 13.2 Å². The summed E-state index contributed by atoms with van der Waals surface area (Å²) in [5.41, 5.74) is 0. The van der Waals surface area contributed by atoms with E-state index >= 15 is 0 Å². The Morgan fingerprint density at radius 1 is 0.452 bits per heavy atom. The molecule has 0 amide bonds. The van der Waals surface area contributed by atoms with E-state index < -0.39 is 0 Å². The predicted molar refractivity (Wildman–Crippen MR) is 186 cm³/mol. The van der Waals surface area contributed by atoms with E-state index in [1.807, 2.05) is 0 Å². The summed E-state index contributed by atoms with van der Waals surface area (Å²) >= 11 is 0. The van der Waals surface area contributed by atoms with Gasteiger partial charge in [0.15, 0.2) is 0 Å². The maximum atomic E-state index is 9.58. The monoisotopic (exact) mass is 585 g/mol. The molecule has 3 heteroatoms. The lowest BCUT2D eigenvalue weighted by atomic mass is 10.1. The summed E-state index contributed by atoms with van der Waals surface area (Å²) in [6, 6.07) is 0. The summed E-state index contributed by atoms with van der Waals surface area (Å²) in [5, 5.41) is 9.58. The molecule has 1 atom stereocenters. The molecule has 42 heavy (non-hydrogen) atoms. The molecule has 0 spiro atoms. The second-order valence-corrected chi connectivity index (χ2v) is 11.3. The first-order valence-electron chi connectivity index (χ1n) is 17.6. The summed E-state index contributed by atoms with van der Waals surface area (Å²) in [7, 11) is 0. The van der Waals surface area contributed by atoms with Crippen LogP contribution < -0.4 is 0 Å². The van der Waals surface area contributed by atoms with E-state index in [-0.39, 0.29) is 12.7 Å². The molecule has 0 aliphatic heterocycles. The fraction of sp³-hybridized carbons (Fsp3) is 0.692. The minimum Gasteiger partial charge on any atom is -0.394 e. The fourth-order valence-corrected chi connectivity index (χ4v) is 4.46. The van der Waals surface area contributed by atoms with Gasteiger partial charge in [-0.3, -0.25) is 0 Å². The molecule has 0 aliphatic carbocycles. The first-order valence-corrected chi connectivity index (χ1v) is 17.6. The van der Waals surface area contributed by atoms with Crippen LogP contribution >= 0.6 is 0 Å². The highest BCUT2D eigenvalue weighted by atomic mass is 16.5. The van der Waals surface area contributed by atoms with Crippen LogP contribution in [0.15, 0.2) is 72.9 Å². The molecule has 0 rings (SSSR count). The zero-order valence-corrected chi connectivity index (χ0v) is 27.7. The molecule has 242 valence electrons. The largest absolute Gasteiger partial charge is 0.394 e. The van der Waals surface area contributed by atoms with Gasteiger partial charge in [-0.25, -0.2) is 0 Å². The molecule has 3 nitrogen and oxygen atoms in total. The number of allylic oxidation sites excluding steroid dienone is 12. The summed E-state index contributed by atoms with van der Waals surface area (Å²) in [4.78, 5) is 0. The lowest BCUT2D eigenvalue weighted by molar-refractivity contribution is -0.0437. The summed E-state index contributed by atoms with van der Waals surface area (Å²) in [6.45, 7) is 6.49. The lowest BCUT2D eigenvalue weighted by Gasteiger charge is -2.15. The Labute approximate surface area is 261 Å². The maximum absolute atomic E-state index is 9.58. The van der Waals surface area contributed by atoms with E-state index in [0.29, 0.717) is 6.61 Å². The molecule has 0 aromatic heterocycles. The van der Waals surface area contributed by atoms with Gasteiger partial charge in [0.25, 0.3) is 0 Å². The molecular formula is C39H68O3. The minimum atomic E-state index is -0.183. The second kappa shape index (κ2) is 37.3. The van der Waals surface area contributed by atoms with Gasteiger partial charge in [0.2, 0.25) is 0 Å². The van der Waals surface area contributed by atoms with Gasteiger partial charge >= 0.3 is 0 Å². The van der Waals surface area contributed by atoms with Crippen molar-refractivity contribution in [2.24, 2.45) is 0 Å². The standard InChI is InChI=1S/C39H68O3/c1-3-5-7-9-11-13-15-17-19-21-23-25-27-29-31-33-35-41-38-39(37-40)42-36-34-32-30-28-26-24-22-20-18-16-14-12-10-8-6-4-2/h9-20,39-40H,3-8,21-38H2,1-2H3/b11-9-,12-10-,15-13+,16-14+,19-17-,20-18-/t39-/m0/s1. The average Bonchev–Trinajstić information content (AvgIpc) is 3.00. The molecule has 0 aliphatic rings. The van der Waals surface area contributed by atoms with E-state index in [1.165, 1.54) is 116 Å². The Bertz CT molecular complexity index is 686. The van der Waals surface area contributed by atoms with Crippen molar-refractivity contribution in [1.82, 2.24) is 0 Å². The zero-order chi connectivity index (χ0) is 30.4. The molecule has 0 heterocycles. The van der Waals surface area contributed by atoms with Gasteiger partial charge in [-0.05, 0) is 51.4 Å². The van der Waals surface area contributed by atoms with Gasteiger partial charge in [-0.1, -0.05) is 164 Å². The van der Waals surface area contributed by atoms with Crippen LogP contribution in [0.3, 0.4) is 0 Å². The Balaban J connectivity index is 3.44. The lowest BCUT2D eigenvalue weighted by Crippen LogP contribution is -2.24. The van der Waals surface area contributed by atoms with E-state index in [0.717, 1.165) is 26.1 Å². The number of hydrogen-bond donors (Lipinski definition) is 1. The van der Waals surface area contributed by atoms with Crippen molar-refractivity contribution in [3.05, 3.63) is 72.9 Å². The van der Waals surface area contributed by atoms with Crippen LogP contribution in [0.2, 0.25) is 0 Å². The van der Waals surface area contributed by atoms with Crippen molar-refractivity contribution in [2.75, 3.05) is 26.4 Å². The van der Waals surface area contributed by atoms with Crippen molar-refractivity contribution in [1.29, 1.82) is 0 Å². The third-order valence-electron chi connectivity index (χ3n) is 7.20. The molecule has 0 aromatic carbocycles. The fourth-order valence-electron chi connectivity index (χ4n) is 4.46. The van der Waals surface area contributed by atoms with Crippen LogP contribution in [0.5, 0.6) is 0 Å².